The van der Waals surface area contributed by atoms with Crippen LogP contribution in [0.3, 0.4) is 0 Å². The quantitative estimate of drug-likeness (QED) is 0.719. The van der Waals surface area contributed by atoms with Gasteiger partial charge in [-0.3, -0.25) is 0 Å². The van der Waals surface area contributed by atoms with Crippen molar-refractivity contribution in [2.45, 2.75) is 12.0 Å². The second kappa shape index (κ2) is 4.92. The Morgan fingerprint density at radius 1 is 1.00 bits per heavy atom. The molecule has 1 fully saturated rings. The fraction of sp³-hybridized carbons (Fsp3) is 0.333. The van der Waals surface area contributed by atoms with Gasteiger partial charge >= 0.3 is 0 Å². The van der Waals surface area contributed by atoms with Crippen LogP contribution >= 0.6 is 12.8 Å². The lowest BCUT2D eigenvalue weighted by atomic mass is 9.81. The van der Waals surface area contributed by atoms with Crippen molar-refractivity contribution in [3.63, 3.8) is 0 Å². The molecule has 0 saturated carbocycles. The van der Waals surface area contributed by atoms with Gasteiger partial charge in [0.05, 0.1) is 13.2 Å². The van der Waals surface area contributed by atoms with Crippen LogP contribution in [0.2, 0.25) is 0 Å². The predicted molar refractivity (Wildman–Crippen MR) is 76.0 cm³/mol. The maximum atomic E-state index is 5.45. The largest absolute Gasteiger partial charge is 0.377 e. The van der Waals surface area contributed by atoms with E-state index in [0.717, 1.165) is 26.2 Å². The molecular weight excluding hydrogens is 242 g/mol. The average molecular weight is 259 g/mol. The molecule has 1 spiro atoms. The summed E-state index contributed by atoms with van der Waals surface area (Å²) in [6.45, 7) is 2.46. The molecule has 2 nitrogen and oxygen atoms in total. The summed E-state index contributed by atoms with van der Waals surface area (Å²) in [4.78, 5) is 0. The minimum atomic E-state index is -0.0196. The van der Waals surface area contributed by atoms with Gasteiger partial charge in [-0.05, 0) is 17.5 Å². The molecule has 0 N–H and O–H groups in total. The van der Waals surface area contributed by atoms with Crippen LogP contribution in [0.5, 0.6) is 0 Å². The third-order valence-electron chi connectivity index (χ3n) is 3.73. The highest BCUT2D eigenvalue weighted by molar-refractivity contribution is 7.77. The lowest BCUT2D eigenvalue weighted by Gasteiger charge is -2.50. The Bertz CT molecular complexity index is 498. The van der Waals surface area contributed by atoms with Crippen molar-refractivity contribution >= 4 is 12.8 Å². The van der Waals surface area contributed by atoms with Crippen LogP contribution < -0.4 is 0 Å². The predicted octanol–water partition coefficient (Wildman–Crippen LogP) is 2.74. The average Bonchev–Trinajstić information content (AvgIpc) is 2.33. The van der Waals surface area contributed by atoms with Gasteiger partial charge in [0.25, 0.3) is 0 Å². The van der Waals surface area contributed by atoms with Crippen molar-refractivity contribution in [3.8, 4) is 0 Å². The van der Waals surface area contributed by atoms with Crippen LogP contribution in [0.4, 0.5) is 0 Å². The van der Waals surface area contributed by atoms with E-state index < -0.39 is 0 Å². The molecule has 0 bridgehead atoms. The number of fused-ring (bicyclic) bond motifs is 2. The number of thiol groups is 1. The van der Waals surface area contributed by atoms with Gasteiger partial charge in [0.1, 0.15) is 5.54 Å². The zero-order valence-electron chi connectivity index (χ0n) is 10.2. The second-order valence-electron chi connectivity index (χ2n) is 4.82. The van der Waals surface area contributed by atoms with E-state index in [4.69, 9.17) is 4.74 Å². The first-order valence-corrected chi connectivity index (χ1v) is 6.69. The molecule has 0 amide bonds. The summed E-state index contributed by atoms with van der Waals surface area (Å²) in [7, 11) is 0. The van der Waals surface area contributed by atoms with E-state index in [9.17, 15) is 0 Å². The standard InChI is InChI=1S/C15H17NOS/c18-16-10-9-13-7-5-3-1-2-4-6-8-14(13)15(16)11-17-12-15/h1-8,18H,9-12H2. The second-order valence-corrected chi connectivity index (χ2v) is 5.31. The van der Waals surface area contributed by atoms with Crippen LogP contribution in [-0.4, -0.2) is 24.1 Å². The maximum Gasteiger partial charge on any atom is 0.103 e. The highest BCUT2D eigenvalue weighted by Crippen LogP contribution is 2.41. The van der Waals surface area contributed by atoms with E-state index in [-0.39, 0.29) is 5.54 Å². The Morgan fingerprint density at radius 3 is 2.33 bits per heavy atom. The third-order valence-corrected chi connectivity index (χ3v) is 4.31. The van der Waals surface area contributed by atoms with Gasteiger partial charge in [0.15, 0.2) is 0 Å². The fourth-order valence-corrected chi connectivity index (χ4v) is 2.95. The summed E-state index contributed by atoms with van der Waals surface area (Å²) in [6, 6.07) is 16.9. The van der Waals surface area contributed by atoms with Crippen LogP contribution in [0.25, 0.3) is 0 Å². The number of ether oxygens (including phenoxy) is 1. The van der Waals surface area contributed by atoms with Gasteiger partial charge in [0, 0.05) is 6.54 Å². The molecule has 1 aromatic rings. The number of hydrogen-bond donors (Lipinski definition) is 1. The zero-order chi connectivity index (χ0) is 12.4. The van der Waals surface area contributed by atoms with Gasteiger partial charge in [-0.15, -0.1) is 0 Å². The van der Waals surface area contributed by atoms with E-state index in [1.165, 1.54) is 11.1 Å². The molecule has 0 aromatic heterocycles. The first-order chi connectivity index (χ1) is 8.83. The van der Waals surface area contributed by atoms with Crippen molar-refractivity contribution in [3.05, 3.63) is 59.7 Å². The highest BCUT2D eigenvalue weighted by atomic mass is 32.1. The van der Waals surface area contributed by atoms with Gasteiger partial charge < -0.3 is 4.74 Å². The zero-order valence-corrected chi connectivity index (χ0v) is 11.1. The molecule has 0 radical (unpaired) electrons. The topological polar surface area (TPSA) is 12.5 Å². The summed E-state index contributed by atoms with van der Waals surface area (Å²) < 4.78 is 7.59. The molecule has 2 heterocycles. The summed E-state index contributed by atoms with van der Waals surface area (Å²) >= 11 is 4.63. The Balaban J connectivity index is 2.17. The third kappa shape index (κ3) is 1.92. The maximum absolute atomic E-state index is 5.45. The minimum absolute atomic E-state index is 0.0196. The van der Waals surface area contributed by atoms with Crippen molar-refractivity contribution < 1.29 is 4.74 Å². The van der Waals surface area contributed by atoms with E-state index >= 15 is 0 Å². The Labute approximate surface area is 113 Å². The van der Waals surface area contributed by atoms with Gasteiger partial charge in [-0.2, -0.15) is 0 Å². The Morgan fingerprint density at radius 2 is 1.67 bits per heavy atom. The SMILES string of the molecule is SN1CCc2ccccccccc2C12COC2. The van der Waals surface area contributed by atoms with Gasteiger partial charge in [0.2, 0.25) is 0 Å². The van der Waals surface area contributed by atoms with Crippen molar-refractivity contribution in [1.29, 1.82) is 0 Å². The van der Waals surface area contributed by atoms with Gasteiger partial charge in [-0.1, -0.05) is 61.3 Å². The molecular formula is C15H17NOS. The number of rotatable bonds is 0. The highest BCUT2D eigenvalue weighted by Gasteiger charge is 2.47. The first kappa shape index (κ1) is 12.0. The van der Waals surface area contributed by atoms with Crippen LogP contribution in [0, 0.1) is 0 Å². The van der Waals surface area contributed by atoms with Crippen LogP contribution in [-0.2, 0) is 16.7 Å². The molecule has 94 valence electrons. The molecule has 0 atom stereocenters. The molecule has 0 unspecified atom stereocenters. The molecule has 2 aliphatic rings. The molecule has 1 saturated heterocycles. The van der Waals surface area contributed by atoms with Crippen molar-refractivity contribution in [1.82, 2.24) is 4.31 Å². The van der Waals surface area contributed by atoms with Crippen molar-refractivity contribution in [2.75, 3.05) is 19.8 Å². The van der Waals surface area contributed by atoms with Crippen molar-refractivity contribution in [2.24, 2.45) is 0 Å². The monoisotopic (exact) mass is 259 g/mol. The van der Waals surface area contributed by atoms with Crippen LogP contribution in [0.1, 0.15) is 11.1 Å². The lowest BCUT2D eigenvalue weighted by Crippen LogP contribution is -2.58. The fourth-order valence-electron chi connectivity index (χ4n) is 2.63. The first-order valence-electron chi connectivity index (χ1n) is 6.29. The molecule has 3 heteroatoms. The summed E-state index contributed by atoms with van der Waals surface area (Å²) in [5.41, 5.74) is 2.74. The summed E-state index contributed by atoms with van der Waals surface area (Å²) in [5, 5.41) is 0. The van der Waals surface area contributed by atoms with E-state index in [2.05, 4.69) is 53.5 Å². The van der Waals surface area contributed by atoms with E-state index in [1.807, 2.05) is 12.1 Å². The summed E-state index contributed by atoms with van der Waals surface area (Å²) in [5.74, 6) is 0. The van der Waals surface area contributed by atoms with Crippen LogP contribution in [0.15, 0.2) is 48.5 Å². The summed E-state index contributed by atoms with van der Waals surface area (Å²) in [6.07, 6.45) is 1.04. The molecule has 1 aromatic carbocycles. The minimum Gasteiger partial charge on any atom is -0.377 e. The normalized spacial score (nSPS) is 20.7. The smallest absolute Gasteiger partial charge is 0.103 e. The van der Waals surface area contributed by atoms with E-state index in [0.29, 0.717) is 0 Å². The molecule has 3 rings (SSSR count). The Hall–Kier alpha value is -1.03. The molecule has 2 aliphatic heterocycles. The molecule has 0 aliphatic carbocycles. The number of nitrogens with zero attached hydrogens (tertiary/aromatic N) is 1. The number of hydrogen-bond acceptors (Lipinski definition) is 3. The lowest BCUT2D eigenvalue weighted by molar-refractivity contribution is -0.116. The Kier molecular flexibility index (Phi) is 3.29. The van der Waals surface area contributed by atoms with Gasteiger partial charge in [-0.25, -0.2) is 4.31 Å². The molecule has 18 heavy (non-hydrogen) atoms. The van der Waals surface area contributed by atoms with E-state index in [1.54, 1.807) is 0 Å².